The predicted octanol–water partition coefficient (Wildman–Crippen LogP) is 12.7. The van der Waals surface area contributed by atoms with Crippen LogP contribution < -0.4 is 4.74 Å². The van der Waals surface area contributed by atoms with Gasteiger partial charge in [-0.05, 0) is 97.5 Å². The number of fused-ring (bicyclic) bond motifs is 3. The Balaban J connectivity index is 0.00000497. The van der Waals surface area contributed by atoms with E-state index in [2.05, 4.69) is 158 Å². The first-order valence-corrected chi connectivity index (χ1v) is 19.5. The van der Waals surface area contributed by atoms with E-state index in [9.17, 15) is 0 Å². The third-order valence-electron chi connectivity index (χ3n) is 11.5. The van der Waals surface area contributed by atoms with Crippen LogP contribution in [0.3, 0.4) is 0 Å². The Kier molecular flexibility index (Phi) is 11.3. The number of hydrogen-bond donors (Lipinski definition) is 0. The van der Waals surface area contributed by atoms with Gasteiger partial charge in [0.15, 0.2) is 0 Å². The molecule has 3 aromatic heterocycles. The van der Waals surface area contributed by atoms with Crippen molar-refractivity contribution in [1.82, 2.24) is 19.3 Å². The Labute approximate surface area is 337 Å². The van der Waals surface area contributed by atoms with Crippen molar-refractivity contribution in [3.63, 3.8) is 0 Å². The van der Waals surface area contributed by atoms with E-state index < -0.39 is 0 Å². The van der Waals surface area contributed by atoms with Crippen molar-refractivity contribution < 1.29 is 25.8 Å². The van der Waals surface area contributed by atoms with E-state index in [1.54, 1.807) is 0 Å². The fourth-order valence-electron chi connectivity index (χ4n) is 8.47. The number of nitrogens with zero attached hydrogens (tertiary/aromatic N) is 4. The molecule has 0 aliphatic heterocycles. The van der Waals surface area contributed by atoms with Crippen LogP contribution in [0.5, 0.6) is 11.5 Å². The van der Waals surface area contributed by atoms with Crippen LogP contribution in [0.2, 0.25) is 0 Å². The van der Waals surface area contributed by atoms with E-state index in [1.165, 1.54) is 34.2 Å². The molecule has 284 valence electrons. The summed E-state index contributed by atoms with van der Waals surface area (Å²) in [5.74, 6) is 3.63. The molecule has 0 saturated heterocycles. The van der Waals surface area contributed by atoms with Crippen molar-refractivity contribution in [2.45, 2.75) is 113 Å². The van der Waals surface area contributed by atoms with Crippen LogP contribution in [0.1, 0.15) is 116 Å². The SMILES string of the molecule is CCCCc1ccnc(-n2c3[c-]c(Oc4[c-]c(-n5nc(C)c(C6C(C)=C[C@H](C(C)(C)C)C[C@@H]6C)c5C)cc(C(C)(C)C)c4)ccc3c3ccccc32)c1.[Pt+2]. The fourth-order valence-corrected chi connectivity index (χ4v) is 8.47. The third-order valence-corrected chi connectivity index (χ3v) is 11.5. The van der Waals surface area contributed by atoms with Crippen LogP contribution in [0.25, 0.3) is 33.3 Å². The summed E-state index contributed by atoms with van der Waals surface area (Å²) in [6.07, 6.45) is 8.99. The molecule has 0 bridgehead atoms. The zero-order valence-electron chi connectivity index (χ0n) is 34.0. The summed E-state index contributed by atoms with van der Waals surface area (Å²) >= 11 is 0. The maximum Gasteiger partial charge on any atom is 2.00 e. The molecule has 3 aromatic carbocycles. The van der Waals surface area contributed by atoms with Crippen LogP contribution >= 0.6 is 0 Å². The smallest absolute Gasteiger partial charge is 0.509 e. The van der Waals surface area contributed by atoms with Gasteiger partial charge in [-0.1, -0.05) is 97.2 Å². The quantitative estimate of drug-likeness (QED) is 0.113. The molecule has 6 heteroatoms. The van der Waals surface area contributed by atoms with Crippen LogP contribution in [0, 0.1) is 43.2 Å². The number of allylic oxidation sites excluding steroid dienone is 2. The first-order chi connectivity index (χ1) is 25.1. The van der Waals surface area contributed by atoms with E-state index >= 15 is 0 Å². The number of para-hydroxylation sites is 1. The van der Waals surface area contributed by atoms with Gasteiger partial charge in [0.05, 0.1) is 5.69 Å². The summed E-state index contributed by atoms with van der Waals surface area (Å²) in [4.78, 5) is 4.85. The zero-order chi connectivity index (χ0) is 37.8. The first kappa shape index (κ1) is 39.7. The molecule has 5 nitrogen and oxygen atoms in total. The molecule has 3 atom stereocenters. The normalized spacial score (nSPS) is 17.8. The molecular formula is C48H56N4OPt. The van der Waals surface area contributed by atoms with E-state index in [4.69, 9.17) is 14.8 Å². The molecule has 7 rings (SSSR count). The molecule has 3 heterocycles. The standard InChI is InChI=1S/C48H56N4O.Pt/c1-12-13-16-34-21-22-49-44(25-34)51-42-18-15-14-17-40(42)41-20-19-38(29-43(41)51)53-39-27-36(48(9,10)11)26-37(28-39)52-33(5)46(32(4)50-52)45-30(2)23-35(24-31(45)3)47(6,7)8;/h14-15,17-23,25-27,31,35,45H,12-13,16,24H2,1-11H3;/q-2;+2/t31-,35-,45?;/m0./s1. The zero-order valence-corrected chi connectivity index (χ0v) is 36.3. The van der Waals surface area contributed by atoms with Gasteiger partial charge in [0, 0.05) is 40.4 Å². The maximum absolute atomic E-state index is 6.72. The van der Waals surface area contributed by atoms with Gasteiger partial charge in [0.2, 0.25) is 0 Å². The second-order valence-corrected chi connectivity index (χ2v) is 17.6. The van der Waals surface area contributed by atoms with Crippen molar-refractivity contribution in [3.05, 3.63) is 119 Å². The Morgan fingerprint density at radius 1 is 0.889 bits per heavy atom. The van der Waals surface area contributed by atoms with Crippen LogP contribution in [-0.4, -0.2) is 19.3 Å². The van der Waals surface area contributed by atoms with E-state index in [-0.39, 0.29) is 31.9 Å². The summed E-state index contributed by atoms with van der Waals surface area (Å²) in [6, 6.07) is 28.6. The van der Waals surface area contributed by atoms with Crippen molar-refractivity contribution in [2.24, 2.45) is 17.3 Å². The molecule has 54 heavy (non-hydrogen) atoms. The summed E-state index contributed by atoms with van der Waals surface area (Å²) in [5.41, 5.74) is 10.6. The number of pyridine rings is 1. The number of hydrogen-bond acceptors (Lipinski definition) is 3. The average molecular weight is 900 g/mol. The molecular weight excluding hydrogens is 844 g/mol. The fraction of sp³-hybridized carbons (Fsp3) is 0.417. The van der Waals surface area contributed by atoms with Crippen molar-refractivity contribution in [1.29, 1.82) is 0 Å². The van der Waals surface area contributed by atoms with Gasteiger partial charge in [0.1, 0.15) is 5.82 Å². The Morgan fingerprint density at radius 2 is 1.65 bits per heavy atom. The topological polar surface area (TPSA) is 44.9 Å². The second kappa shape index (κ2) is 15.3. The molecule has 0 radical (unpaired) electrons. The molecule has 1 aliphatic carbocycles. The molecule has 0 saturated carbocycles. The van der Waals surface area contributed by atoms with Gasteiger partial charge in [-0.3, -0.25) is 4.68 Å². The van der Waals surface area contributed by atoms with Crippen LogP contribution in [-0.2, 0) is 32.9 Å². The van der Waals surface area contributed by atoms with Crippen LogP contribution in [0.4, 0.5) is 0 Å². The van der Waals surface area contributed by atoms with Crippen molar-refractivity contribution in [3.8, 4) is 23.0 Å². The largest absolute Gasteiger partial charge is 2.00 e. The third kappa shape index (κ3) is 7.63. The predicted molar refractivity (Wildman–Crippen MR) is 220 cm³/mol. The van der Waals surface area contributed by atoms with Gasteiger partial charge >= 0.3 is 21.1 Å². The minimum absolute atomic E-state index is 0. The number of rotatable bonds is 8. The summed E-state index contributed by atoms with van der Waals surface area (Å²) in [5, 5.41) is 7.47. The number of benzene rings is 3. The molecule has 0 N–H and O–H groups in total. The minimum Gasteiger partial charge on any atom is -0.509 e. The second-order valence-electron chi connectivity index (χ2n) is 17.6. The average Bonchev–Trinajstić information content (AvgIpc) is 3.59. The molecule has 0 fully saturated rings. The number of unbranched alkanes of at least 4 members (excludes halogenated alkanes) is 1. The molecule has 6 aromatic rings. The van der Waals surface area contributed by atoms with E-state index in [0.29, 0.717) is 29.3 Å². The summed E-state index contributed by atoms with van der Waals surface area (Å²) in [6.45, 7) is 25.2. The van der Waals surface area contributed by atoms with Gasteiger partial charge in [-0.2, -0.15) is 11.2 Å². The number of aryl methyl sites for hydroxylation is 2. The van der Waals surface area contributed by atoms with E-state index in [0.717, 1.165) is 58.4 Å². The molecule has 0 spiro atoms. The molecule has 0 amide bonds. The first-order valence-electron chi connectivity index (χ1n) is 19.5. The molecule has 1 aliphatic rings. The monoisotopic (exact) mass is 899 g/mol. The van der Waals surface area contributed by atoms with Gasteiger partial charge in [0.25, 0.3) is 0 Å². The summed E-state index contributed by atoms with van der Waals surface area (Å²) in [7, 11) is 0. The molecule has 1 unspecified atom stereocenters. The Bertz CT molecular complexity index is 2330. The van der Waals surface area contributed by atoms with Gasteiger partial charge in [-0.15, -0.1) is 41.3 Å². The number of ether oxygens (including phenoxy) is 1. The van der Waals surface area contributed by atoms with Crippen LogP contribution in [0.15, 0.2) is 78.5 Å². The maximum atomic E-state index is 6.72. The van der Waals surface area contributed by atoms with Crippen molar-refractivity contribution >= 4 is 21.8 Å². The minimum atomic E-state index is -0.116. The van der Waals surface area contributed by atoms with Gasteiger partial charge in [-0.25, -0.2) is 4.98 Å². The van der Waals surface area contributed by atoms with Crippen molar-refractivity contribution in [2.75, 3.05) is 0 Å². The number of aromatic nitrogens is 4. The van der Waals surface area contributed by atoms with E-state index in [1.807, 2.05) is 12.3 Å². The Hall–Kier alpha value is -3.95. The van der Waals surface area contributed by atoms with Gasteiger partial charge < -0.3 is 9.30 Å². The Morgan fingerprint density at radius 3 is 2.35 bits per heavy atom. The summed E-state index contributed by atoms with van der Waals surface area (Å²) < 4.78 is 11.0.